The summed E-state index contributed by atoms with van der Waals surface area (Å²) in [7, 11) is 0. The summed E-state index contributed by atoms with van der Waals surface area (Å²) in [5.41, 5.74) is 4.05. The van der Waals surface area contributed by atoms with Gasteiger partial charge >= 0.3 is 0 Å². The van der Waals surface area contributed by atoms with Crippen LogP contribution in [-0.2, 0) is 0 Å². The molecule has 124 valence electrons. The zero-order valence-electron chi connectivity index (χ0n) is 13.7. The van der Waals surface area contributed by atoms with Crippen LogP contribution in [0.3, 0.4) is 0 Å². The first-order chi connectivity index (χ1) is 12.1. The highest BCUT2D eigenvalue weighted by molar-refractivity contribution is 9.10. The number of rotatable bonds is 3. The second-order valence-corrected chi connectivity index (χ2v) is 6.58. The first-order valence-corrected chi connectivity index (χ1v) is 8.56. The minimum Gasteiger partial charge on any atom is -0.324 e. The summed E-state index contributed by atoms with van der Waals surface area (Å²) in [6, 6.07) is 7.78. The molecule has 6 nitrogen and oxygen atoms in total. The van der Waals surface area contributed by atoms with E-state index in [0.717, 1.165) is 44.1 Å². The van der Waals surface area contributed by atoms with Crippen LogP contribution in [0.1, 0.15) is 11.3 Å². The van der Waals surface area contributed by atoms with Crippen LogP contribution in [0.5, 0.6) is 0 Å². The lowest BCUT2D eigenvalue weighted by Crippen LogP contribution is -2.00. The van der Waals surface area contributed by atoms with Crippen molar-refractivity contribution in [1.29, 1.82) is 0 Å². The second-order valence-electron chi connectivity index (χ2n) is 5.66. The van der Waals surface area contributed by atoms with E-state index in [1.807, 2.05) is 30.5 Å². The van der Waals surface area contributed by atoms with Gasteiger partial charge in [-0.1, -0.05) is 0 Å². The lowest BCUT2D eigenvalue weighted by Gasteiger charge is -2.08. The van der Waals surface area contributed by atoms with Gasteiger partial charge in [0.05, 0.1) is 17.3 Å². The molecular weight excluding hydrogens is 380 g/mol. The predicted octanol–water partition coefficient (Wildman–Crippen LogP) is 4.33. The summed E-state index contributed by atoms with van der Waals surface area (Å²) in [6.07, 6.45) is 6.91. The molecule has 4 aromatic rings. The van der Waals surface area contributed by atoms with E-state index in [1.54, 1.807) is 18.7 Å². The van der Waals surface area contributed by atoms with Gasteiger partial charge in [0.1, 0.15) is 18.0 Å². The van der Waals surface area contributed by atoms with Crippen molar-refractivity contribution in [2.24, 2.45) is 0 Å². The lowest BCUT2D eigenvalue weighted by atomic mass is 10.2. The number of pyridine rings is 2. The van der Waals surface area contributed by atoms with E-state index in [2.05, 4.69) is 59.6 Å². The summed E-state index contributed by atoms with van der Waals surface area (Å²) in [5, 5.41) is 4.28. The minimum atomic E-state index is 0.731. The van der Waals surface area contributed by atoms with Crippen LogP contribution < -0.4 is 5.32 Å². The summed E-state index contributed by atoms with van der Waals surface area (Å²) < 4.78 is 3.03. The highest BCUT2D eigenvalue weighted by Gasteiger charge is 2.17. The third-order valence-electron chi connectivity index (χ3n) is 4.17. The second kappa shape index (κ2) is 6.25. The Labute approximate surface area is 153 Å². The molecular formula is C18H15BrN6. The summed E-state index contributed by atoms with van der Waals surface area (Å²) >= 11 is 3.40. The monoisotopic (exact) mass is 394 g/mol. The number of aryl methyl sites for hydroxylation is 1. The quantitative estimate of drug-likeness (QED) is 0.559. The molecule has 0 unspecified atom stereocenters. The van der Waals surface area contributed by atoms with Gasteiger partial charge in [-0.15, -0.1) is 0 Å². The number of hydrogen-bond acceptors (Lipinski definition) is 5. The van der Waals surface area contributed by atoms with E-state index in [0.29, 0.717) is 0 Å². The van der Waals surface area contributed by atoms with Gasteiger partial charge in [-0.2, -0.15) is 0 Å². The molecule has 0 spiro atoms. The summed E-state index contributed by atoms with van der Waals surface area (Å²) in [6.45, 7) is 4.15. The number of nitrogens with one attached hydrogen (secondary N) is 1. The van der Waals surface area contributed by atoms with Crippen molar-refractivity contribution in [1.82, 2.24) is 24.5 Å². The molecule has 0 aliphatic heterocycles. The summed E-state index contributed by atoms with van der Waals surface area (Å²) in [5.74, 6) is 1.47. The molecule has 7 heteroatoms. The number of aromatic nitrogens is 5. The van der Waals surface area contributed by atoms with Crippen molar-refractivity contribution in [3.63, 3.8) is 0 Å². The molecule has 0 saturated carbocycles. The molecule has 0 radical (unpaired) electrons. The van der Waals surface area contributed by atoms with Crippen LogP contribution >= 0.6 is 15.9 Å². The molecule has 0 aromatic carbocycles. The van der Waals surface area contributed by atoms with E-state index in [-0.39, 0.29) is 0 Å². The Balaban J connectivity index is 1.89. The van der Waals surface area contributed by atoms with Crippen LogP contribution in [0, 0.1) is 13.8 Å². The minimum absolute atomic E-state index is 0.731. The predicted molar refractivity (Wildman–Crippen MR) is 101 cm³/mol. The fraction of sp³-hybridized carbons (Fsp3) is 0.111. The van der Waals surface area contributed by atoms with Crippen molar-refractivity contribution in [2.75, 3.05) is 5.32 Å². The van der Waals surface area contributed by atoms with Crippen LogP contribution in [0.25, 0.3) is 16.7 Å². The van der Waals surface area contributed by atoms with Crippen molar-refractivity contribution >= 4 is 38.6 Å². The standard InChI is InChI=1S/C18H15BrN6/c1-11-12(2)25(14-4-3-7-20-9-14)18-16(11)17(22-10-23-18)24-15-6-5-13(19)8-21-15/h3-10H,1-2H3,(H,21,22,23,24). The molecule has 4 aromatic heterocycles. The van der Waals surface area contributed by atoms with E-state index < -0.39 is 0 Å². The van der Waals surface area contributed by atoms with Crippen LogP contribution in [0.2, 0.25) is 0 Å². The average molecular weight is 395 g/mol. The summed E-state index contributed by atoms with van der Waals surface area (Å²) in [4.78, 5) is 17.5. The Morgan fingerprint density at radius 3 is 2.64 bits per heavy atom. The first kappa shape index (κ1) is 15.7. The van der Waals surface area contributed by atoms with Crippen molar-refractivity contribution in [3.05, 3.63) is 64.9 Å². The van der Waals surface area contributed by atoms with Crippen molar-refractivity contribution in [2.45, 2.75) is 13.8 Å². The molecule has 1 N–H and O–H groups in total. The van der Waals surface area contributed by atoms with Crippen LogP contribution in [-0.4, -0.2) is 24.5 Å². The van der Waals surface area contributed by atoms with E-state index in [1.165, 1.54) is 0 Å². The topological polar surface area (TPSA) is 68.5 Å². The normalized spacial score (nSPS) is 11.0. The Kier molecular flexibility index (Phi) is 3.93. The maximum Gasteiger partial charge on any atom is 0.150 e. The van der Waals surface area contributed by atoms with Gasteiger partial charge in [0.15, 0.2) is 5.65 Å². The average Bonchev–Trinajstić information content (AvgIpc) is 2.89. The van der Waals surface area contributed by atoms with Gasteiger partial charge in [0, 0.05) is 22.6 Å². The molecule has 4 rings (SSSR count). The van der Waals surface area contributed by atoms with Crippen molar-refractivity contribution in [3.8, 4) is 5.69 Å². The van der Waals surface area contributed by atoms with E-state index in [4.69, 9.17) is 0 Å². The Morgan fingerprint density at radius 2 is 1.92 bits per heavy atom. The number of hydrogen-bond donors (Lipinski definition) is 1. The van der Waals surface area contributed by atoms with Gasteiger partial charge < -0.3 is 5.32 Å². The number of anilines is 2. The third kappa shape index (κ3) is 2.76. The van der Waals surface area contributed by atoms with Gasteiger partial charge in [-0.05, 0) is 59.6 Å². The van der Waals surface area contributed by atoms with Gasteiger partial charge in [0.2, 0.25) is 0 Å². The highest BCUT2D eigenvalue weighted by atomic mass is 79.9. The zero-order valence-corrected chi connectivity index (χ0v) is 15.3. The smallest absolute Gasteiger partial charge is 0.150 e. The molecule has 0 fully saturated rings. The van der Waals surface area contributed by atoms with Crippen LogP contribution in [0.4, 0.5) is 11.6 Å². The van der Waals surface area contributed by atoms with Crippen molar-refractivity contribution < 1.29 is 0 Å². The van der Waals surface area contributed by atoms with Gasteiger partial charge in [-0.3, -0.25) is 9.55 Å². The zero-order chi connectivity index (χ0) is 17.4. The SMILES string of the molecule is Cc1c(C)n(-c2cccnc2)c2ncnc(Nc3ccc(Br)cn3)c12. The fourth-order valence-corrected chi connectivity index (χ4v) is 3.10. The van der Waals surface area contributed by atoms with Crippen LogP contribution in [0.15, 0.2) is 53.7 Å². The molecule has 0 bridgehead atoms. The fourth-order valence-electron chi connectivity index (χ4n) is 2.87. The van der Waals surface area contributed by atoms with E-state index >= 15 is 0 Å². The molecule has 0 aliphatic carbocycles. The molecule has 0 saturated heterocycles. The number of halogens is 1. The molecule has 0 atom stereocenters. The molecule has 25 heavy (non-hydrogen) atoms. The lowest BCUT2D eigenvalue weighted by molar-refractivity contribution is 1.00. The largest absolute Gasteiger partial charge is 0.324 e. The maximum absolute atomic E-state index is 4.51. The molecule has 4 heterocycles. The Hall–Kier alpha value is -2.80. The molecule has 0 aliphatic rings. The highest BCUT2D eigenvalue weighted by Crippen LogP contribution is 2.32. The third-order valence-corrected chi connectivity index (χ3v) is 4.64. The number of fused-ring (bicyclic) bond motifs is 1. The Morgan fingerprint density at radius 1 is 1.04 bits per heavy atom. The first-order valence-electron chi connectivity index (χ1n) is 7.76. The van der Waals surface area contributed by atoms with E-state index in [9.17, 15) is 0 Å². The van der Waals surface area contributed by atoms with Gasteiger partial charge in [-0.25, -0.2) is 15.0 Å². The van der Waals surface area contributed by atoms with Gasteiger partial charge in [0.25, 0.3) is 0 Å². The maximum atomic E-state index is 4.51. The number of nitrogens with zero attached hydrogens (tertiary/aromatic N) is 5. The molecule has 0 amide bonds. The Bertz CT molecular complexity index is 1040.